The summed E-state index contributed by atoms with van der Waals surface area (Å²) in [6.45, 7) is 7.94. The van der Waals surface area contributed by atoms with Gasteiger partial charge in [-0.1, -0.05) is 0 Å². The van der Waals surface area contributed by atoms with E-state index in [0.717, 1.165) is 23.7 Å². The van der Waals surface area contributed by atoms with Gasteiger partial charge >= 0.3 is 0 Å². The fraction of sp³-hybridized carbons (Fsp3) is 0.733. The van der Waals surface area contributed by atoms with Gasteiger partial charge in [0.25, 0.3) is 0 Å². The van der Waals surface area contributed by atoms with E-state index >= 15 is 0 Å². The van der Waals surface area contributed by atoms with Crippen molar-refractivity contribution < 1.29 is 4.74 Å². The molecule has 1 N–H and O–H groups in total. The van der Waals surface area contributed by atoms with Crippen molar-refractivity contribution in [3.05, 3.63) is 11.9 Å². The molecule has 2 atom stereocenters. The maximum Gasteiger partial charge on any atom is 0.137 e. The molecule has 0 spiro atoms. The number of nitrogens with one attached hydrogen (secondary N) is 1. The monoisotopic (exact) mass is 295 g/mol. The molecule has 0 radical (unpaired) electrons. The third-order valence-electron chi connectivity index (χ3n) is 3.48. The fourth-order valence-corrected chi connectivity index (χ4v) is 2.33. The Kier molecular flexibility index (Phi) is 6.84. The normalized spacial score (nSPS) is 14.1. The van der Waals surface area contributed by atoms with Crippen LogP contribution in [0, 0.1) is 6.92 Å². The lowest BCUT2D eigenvalue weighted by Gasteiger charge is -2.30. The summed E-state index contributed by atoms with van der Waals surface area (Å²) in [4.78, 5) is 13.2. The molecular formula is C15H29N5O. The van der Waals surface area contributed by atoms with Gasteiger partial charge in [0, 0.05) is 38.3 Å². The van der Waals surface area contributed by atoms with Gasteiger partial charge in [-0.25, -0.2) is 9.97 Å². The molecular weight excluding hydrogens is 266 g/mol. The minimum Gasteiger partial charge on any atom is -0.383 e. The highest BCUT2D eigenvalue weighted by Crippen LogP contribution is 2.23. The van der Waals surface area contributed by atoms with Crippen LogP contribution in [0.25, 0.3) is 0 Å². The van der Waals surface area contributed by atoms with Gasteiger partial charge in [0.05, 0.1) is 6.61 Å². The van der Waals surface area contributed by atoms with Gasteiger partial charge in [0.15, 0.2) is 0 Å². The van der Waals surface area contributed by atoms with E-state index in [4.69, 9.17) is 4.74 Å². The quantitative estimate of drug-likeness (QED) is 0.786. The summed E-state index contributed by atoms with van der Waals surface area (Å²) in [6, 6.07) is 0.582. The minimum absolute atomic E-state index is 0.209. The molecule has 0 aliphatic rings. The van der Waals surface area contributed by atoms with Crippen molar-refractivity contribution in [1.29, 1.82) is 0 Å². The second-order valence-corrected chi connectivity index (χ2v) is 5.89. The SMILES string of the molecule is COC[C@@H](C)Nc1ncnc(N(C)[C@@H](C)CN(C)C)c1C. The lowest BCUT2D eigenvalue weighted by molar-refractivity contribution is 0.190. The molecule has 0 unspecified atom stereocenters. The molecule has 6 nitrogen and oxygen atoms in total. The zero-order chi connectivity index (χ0) is 16.0. The highest BCUT2D eigenvalue weighted by molar-refractivity contribution is 5.58. The number of likely N-dealkylation sites (N-methyl/N-ethyl adjacent to an activating group) is 2. The van der Waals surface area contributed by atoms with E-state index in [1.807, 2.05) is 0 Å². The van der Waals surface area contributed by atoms with Crippen molar-refractivity contribution in [2.24, 2.45) is 0 Å². The van der Waals surface area contributed by atoms with E-state index in [1.54, 1.807) is 13.4 Å². The standard InChI is InChI=1S/C15H29N5O/c1-11(9-21-7)18-14-13(3)15(17-10-16-14)20(6)12(2)8-19(4)5/h10-12H,8-9H2,1-7H3,(H,16,17,18)/t11-,12+/m1/s1. The van der Waals surface area contributed by atoms with E-state index in [0.29, 0.717) is 12.6 Å². The van der Waals surface area contributed by atoms with E-state index in [-0.39, 0.29) is 6.04 Å². The largest absolute Gasteiger partial charge is 0.383 e. The molecule has 1 heterocycles. The van der Waals surface area contributed by atoms with Gasteiger partial charge in [0.2, 0.25) is 0 Å². The Labute approximate surface area is 128 Å². The van der Waals surface area contributed by atoms with Crippen LogP contribution in [0.1, 0.15) is 19.4 Å². The van der Waals surface area contributed by atoms with E-state index in [9.17, 15) is 0 Å². The van der Waals surface area contributed by atoms with Crippen LogP contribution >= 0.6 is 0 Å². The Morgan fingerprint density at radius 1 is 1.24 bits per heavy atom. The Bertz CT molecular complexity index is 438. The molecule has 0 saturated carbocycles. The van der Waals surface area contributed by atoms with Gasteiger partial charge in [-0.3, -0.25) is 0 Å². The molecule has 6 heteroatoms. The topological polar surface area (TPSA) is 53.5 Å². The van der Waals surface area contributed by atoms with Gasteiger partial charge in [-0.2, -0.15) is 0 Å². The molecule has 0 aliphatic carbocycles. The first-order chi connectivity index (χ1) is 9.86. The molecule has 0 aliphatic heterocycles. The smallest absolute Gasteiger partial charge is 0.137 e. The third kappa shape index (κ3) is 5.13. The molecule has 0 amide bonds. The lowest BCUT2D eigenvalue weighted by Crippen LogP contribution is -2.38. The number of methoxy groups -OCH3 is 1. The first-order valence-corrected chi connectivity index (χ1v) is 7.31. The van der Waals surface area contributed by atoms with Crippen LogP contribution in [0.3, 0.4) is 0 Å². The molecule has 0 bridgehead atoms. The Balaban J connectivity index is 2.89. The highest BCUT2D eigenvalue weighted by Gasteiger charge is 2.17. The fourth-order valence-electron chi connectivity index (χ4n) is 2.33. The van der Waals surface area contributed by atoms with Crippen molar-refractivity contribution in [3.63, 3.8) is 0 Å². The van der Waals surface area contributed by atoms with Crippen LogP contribution in [0.2, 0.25) is 0 Å². The van der Waals surface area contributed by atoms with Gasteiger partial charge in [-0.05, 0) is 34.9 Å². The predicted octanol–water partition coefficient (Wildman–Crippen LogP) is 1.62. The lowest BCUT2D eigenvalue weighted by atomic mass is 10.2. The van der Waals surface area contributed by atoms with Crippen LogP contribution in [-0.2, 0) is 4.74 Å². The molecule has 0 fully saturated rings. The summed E-state index contributed by atoms with van der Waals surface area (Å²) in [5.74, 6) is 1.83. The van der Waals surface area contributed by atoms with Gasteiger partial charge in [-0.15, -0.1) is 0 Å². The molecule has 120 valence electrons. The molecule has 1 aromatic heterocycles. The van der Waals surface area contributed by atoms with E-state index in [2.05, 4.69) is 67.0 Å². The van der Waals surface area contributed by atoms with Crippen molar-refractivity contribution in [2.75, 3.05) is 51.6 Å². The minimum atomic E-state index is 0.209. The van der Waals surface area contributed by atoms with Crippen LogP contribution in [0.5, 0.6) is 0 Å². The van der Waals surface area contributed by atoms with Crippen molar-refractivity contribution >= 4 is 11.6 Å². The van der Waals surface area contributed by atoms with Crippen LogP contribution in [-0.4, -0.2) is 68.4 Å². The van der Waals surface area contributed by atoms with Crippen LogP contribution in [0.4, 0.5) is 11.6 Å². The summed E-state index contributed by atoms with van der Waals surface area (Å²) in [7, 11) is 7.94. The zero-order valence-corrected chi connectivity index (χ0v) is 14.3. The van der Waals surface area contributed by atoms with Crippen molar-refractivity contribution in [2.45, 2.75) is 32.9 Å². The zero-order valence-electron chi connectivity index (χ0n) is 14.3. The van der Waals surface area contributed by atoms with E-state index in [1.165, 1.54) is 0 Å². The average molecular weight is 295 g/mol. The molecule has 21 heavy (non-hydrogen) atoms. The highest BCUT2D eigenvalue weighted by atomic mass is 16.5. The number of nitrogens with zero attached hydrogens (tertiary/aromatic N) is 4. The summed E-state index contributed by atoms with van der Waals surface area (Å²) in [5, 5.41) is 3.37. The first kappa shape index (κ1) is 17.7. The molecule has 0 saturated heterocycles. The predicted molar refractivity (Wildman–Crippen MR) is 88.1 cm³/mol. The Hall–Kier alpha value is -1.40. The Morgan fingerprint density at radius 3 is 2.48 bits per heavy atom. The van der Waals surface area contributed by atoms with Crippen molar-refractivity contribution in [3.8, 4) is 0 Å². The first-order valence-electron chi connectivity index (χ1n) is 7.31. The summed E-state index contributed by atoms with van der Waals surface area (Å²) in [6.07, 6.45) is 1.61. The van der Waals surface area contributed by atoms with E-state index < -0.39 is 0 Å². The summed E-state index contributed by atoms with van der Waals surface area (Å²) in [5.41, 5.74) is 1.06. The number of ether oxygens (including phenoxy) is 1. The van der Waals surface area contributed by atoms with Crippen LogP contribution < -0.4 is 10.2 Å². The number of hydrogen-bond donors (Lipinski definition) is 1. The number of rotatable bonds is 8. The van der Waals surface area contributed by atoms with Gasteiger partial charge < -0.3 is 19.9 Å². The van der Waals surface area contributed by atoms with Gasteiger partial charge in [0.1, 0.15) is 18.0 Å². The maximum atomic E-state index is 5.15. The second kappa shape index (κ2) is 8.14. The third-order valence-corrected chi connectivity index (χ3v) is 3.48. The van der Waals surface area contributed by atoms with Crippen molar-refractivity contribution in [1.82, 2.24) is 14.9 Å². The number of aromatic nitrogens is 2. The Morgan fingerprint density at radius 2 is 1.90 bits per heavy atom. The molecule has 1 aromatic rings. The average Bonchev–Trinajstić information content (AvgIpc) is 2.40. The molecule has 0 aromatic carbocycles. The van der Waals surface area contributed by atoms with Crippen LogP contribution in [0.15, 0.2) is 6.33 Å². The second-order valence-electron chi connectivity index (χ2n) is 5.89. The summed E-state index contributed by atoms with van der Waals surface area (Å²) >= 11 is 0. The summed E-state index contributed by atoms with van der Waals surface area (Å²) < 4.78 is 5.15. The molecule has 1 rings (SSSR count). The maximum absolute atomic E-state index is 5.15. The number of hydrogen-bond acceptors (Lipinski definition) is 6. The number of anilines is 2.